The Kier molecular flexibility index (Phi) is 6.26. The third-order valence-electron chi connectivity index (χ3n) is 3.53. The molecule has 5 nitrogen and oxygen atoms in total. The molecular formula is C13H26N2O3S. The predicted molar refractivity (Wildman–Crippen MR) is 76.4 cm³/mol. The molecule has 1 aliphatic heterocycles. The van der Waals surface area contributed by atoms with E-state index in [9.17, 15) is 13.2 Å². The van der Waals surface area contributed by atoms with Gasteiger partial charge in [-0.15, -0.1) is 0 Å². The first-order chi connectivity index (χ1) is 8.82. The quantitative estimate of drug-likeness (QED) is 0.716. The van der Waals surface area contributed by atoms with E-state index in [-0.39, 0.29) is 29.2 Å². The number of nitrogens with one attached hydrogen (secondary N) is 1. The molecule has 0 radical (unpaired) electrons. The van der Waals surface area contributed by atoms with Gasteiger partial charge in [-0.2, -0.15) is 0 Å². The van der Waals surface area contributed by atoms with Gasteiger partial charge in [-0.3, -0.25) is 4.79 Å². The van der Waals surface area contributed by atoms with Crippen LogP contribution >= 0.6 is 0 Å². The largest absolute Gasteiger partial charge is 0.356 e. The van der Waals surface area contributed by atoms with Crippen molar-refractivity contribution in [1.29, 1.82) is 0 Å². The summed E-state index contributed by atoms with van der Waals surface area (Å²) in [6.45, 7) is 5.22. The molecule has 2 unspecified atom stereocenters. The van der Waals surface area contributed by atoms with E-state index in [1.807, 2.05) is 0 Å². The summed E-state index contributed by atoms with van der Waals surface area (Å²) in [7, 11) is -2.86. The normalized spacial score (nSPS) is 23.5. The monoisotopic (exact) mass is 290 g/mol. The molecule has 2 atom stereocenters. The van der Waals surface area contributed by atoms with Gasteiger partial charge in [0.15, 0.2) is 9.84 Å². The second-order valence-corrected chi connectivity index (χ2v) is 8.24. The van der Waals surface area contributed by atoms with Gasteiger partial charge in [-0.05, 0) is 37.1 Å². The maximum Gasteiger partial charge on any atom is 0.220 e. The summed E-state index contributed by atoms with van der Waals surface area (Å²) in [5, 5.41) is 2.84. The van der Waals surface area contributed by atoms with Crippen molar-refractivity contribution in [3.05, 3.63) is 0 Å². The fourth-order valence-electron chi connectivity index (χ4n) is 2.56. The van der Waals surface area contributed by atoms with E-state index in [1.54, 1.807) is 0 Å². The second-order valence-electron chi connectivity index (χ2n) is 6.01. The first kappa shape index (κ1) is 16.4. The van der Waals surface area contributed by atoms with Crippen molar-refractivity contribution in [3.8, 4) is 0 Å². The molecular weight excluding hydrogens is 264 g/mol. The average molecular weight is 290 g/mol. The van der Waals surface area contributed by atoms with Crippen LogP contribution < -0.4 is 11.1 Å². The first-order valence-corrected chi connectivity index (χ1v) is 8.81. The van der Waals surface area contributed by atoms with Gasteiger partial charge in [0.1, 0.15) is 0 Å². The van der Waals surface area contributed by atoms with Crippen LogP contribution in [0.1, 0.15) is 33.1 Å². The van der Waals surface area contributed by atoms with Gasteiger partial charge in [0.25, 0.3) is 0 Å². The van der Waals surface area contributed by atoms with Gasteiger partial charge in [0.2, 0.25) is 5.91 Å². The van der Waals surface area contributed by atoms with Crippen molar-refractivity contribution in [1.82, 2.24) is 5.32 Å². The van der Waals surface area contributed by atoms with Crippen LogP contribution in [-0.4, -0.2) is 38.9 Å². The Bertz CT molecular complexity index is 393. The number of nitrogens with two attached hydrogens (primary N) is 1. The number of hydrogen-bond acceptors (Lipinski definition) is 4. The number of rotatable bonds is 7. The van der Waals surface area contributed by atoms with E-state index in [1.165, 1.54) is 0 Å². The Balaban J connectivity index is 2.27. The average Bonchev–Trinajstić information content (AvgIpc) is 2.65. The highest BCUT2D eigenvalue weighted by Crippen LogP contribution is 2.18. The fraction of sp³-hybridized carbons (Fsp3) is 0.923. The first-order valence-electron chi connectivity index (χ1n) is 6.99. The molecule has 1 aliphatic rings. The van der Waals surface area contributed by atoms with E-state index < -0.39 is 9.84 Å². The zero-order valence-electron chi connectivity index (χ0n) is 11.9. The van der Waals surface area contributed by atoms with Gasteiger partial charge in [-0.25, -0.2) is 8.42 Å². The van der Waals surface area contributed by atoms with Gasteiger partial charge in [-0.1, -0.05) is 13.8 Å². The van der Waals surface area contributed by atoms with Crippen LogP contribution in [0.15, 0.2) is 0 Å². The van der Waals surface area contributed by atoms with Crippen molar-refractivity contribution < 1.29 is 13.2 Å². The van der Waals surface area contributed by atoms with Crippen molar-refractivity contribution in [3.63, 3.8) is 0 Å². The maximum atomic E-state index is 11.8. The third kappa shape index (κ3) is 6.38. The summed E-state index contributed by atoms with van der Waals surface area (Å²) in [5.74, 6) is 1.27. The third-order valence-corrected chi connectivity index (χ3v) is 5.36. The Morgan fingerprint density at radius 3 is 2.58 bits per heavy atom. The molecule has 0 aromatic heterocycles. The lowest BCUT2D eigenvalue weighted by molar-refractivity contribution is -0.122. The summed E-state index contributed by atoms with van der Waals surface area (Å²) in [6, 6.07) is 0. The minimum Gasteiger partial charge on any atom is -0.356 e. The molecule has 0 aromatic rings. The highest BCUT2D eigenvalue weighted by Gasteiger charge is 2.28. The minimum absolute atomic E-state index is 0.0135. The van der Waals surface area contributed by atoms with Crippen LogP contribution in [0.3, 0.4) is 0 Å². The molecule has 1 amide bonds. The number of sulfone groups is 1. The lowest BCUT2D eigenvalue weighted by Crippen LogP contribution is -2.32. The smallest absolute Gasteiger partial charge is 0.220 e. The molecule has 112 valence electrons. The van der Waals surface area contributed by atoms with Gasteiger partial charge in [0.05, 0.1) is 11.5 Å². The van der Waals surface area contributed by atoms with Crippen LogP contribution in [0.4, 0.5) is 0 Å². The lowest BCUT2D eigenvalue weighted by Gasteiger charge is -2.17. The van der Waals surface area contributed by atoms with Gasteiger partial charge < -0.3 is 11.1 Å². The molecule has 3 N–H and O–H groups in total. The van der Waals surface area contributed by atoms with Crippen molar-refractivity contribution in [2.45, 2.75) is 33.1 Å². The molecule has 1 fully saturated rings. The summed E-state index contributed by atoms with van der Waals surface area (Å²) >= 11 is 0. The Labute approximate surface area is 116 Å². The van der Waals surface area contributed by atoms with E-state index >= 15 is 0 Å². The highest BCUT2D eigenvalue weighted by molar-refractivity contribution is 7.91. The topological polar surface area (TPSA) is 89.3 Å². The maximum absolute atomic E-state index is 11.8. The summed E-state index contributed by atoms with van der Waals surface area (Å²) < 4.78 is 22.6. The molecule has 1 heterocycles. The molecule has 0 aliphatic carbocycles. The Hall–Kier alpha value is -0.620. The van der Waals surface area contributed by atoms with Gasteiger partial charge >= 0.3 is 0 Å². The number of carbonyl (C=O) groups excluding carboxylic acids is 1. The standard InChI is InChI=1S/C13H26N2O3S/c1-10(2)5-12(7-14)6-13(16)15-8-11-3-4-19(17,18)9-11/h10-12H,3-9,14H2,1-2H3,(H,15,16). The van der Waals surface area contributed by atoms with Crippen LogP contribution in [-0.2, 0) is 14.6 Å². The summed E-state index contributed by atoms with van der Waals surface area (Å²) in [6.07, 6.45) is 2.05. The van der Waals surface area contributed by atoms with E-state index in [0.717, 1.165) is 6.42 Å². The SMILES string of the molecule is CC(C)CC(CN)CC(=O)NCC1CCS(=O)(=O)C1. The number of hydrogen-bond donors (Lipinski definition) is 2. The molecule has 0 bridgehead atoms. The fourth-order valence-corrected chi connectivity index (χ4v) is 4.42. The Morgan fingerprint density at radius 2 is 2.11 bits per heavy atom. The molecule has 0 saturated carbocycles. The predicted octanol–water partition coefficient (Wildman–Crippen LogP) is 0.548. The van der Waals surface area contributed by atoms with Gasteiger partial charge in [0, 0.05) is 13.0 Å². The highest BCUT2D eigenvalue weighted by atomic mass is 32.2. The van der Waals surface area contributed by atoms with Crippen molar-refractivity contribution in [2.75, 3.05) is 24.6 Å². The summed E-state index contributed by atoms with van der Waals surface area (Å²) in [5.41, 5.74) is 5.66. The zero-order chi connectivity index (χ0) is 14.5. The molecule has 0 aromatic carbocycles. The molecule has 19 heavy (non-hydrogen) atoms. The van der Waals surface area contributed by atoms with Crippen molar-refractivity contribution in [2.24, 2.45) is 23.5 Å². The minimum atomic E-state index is -2.86. The van der Waals surface area contributed by atoms with E-state index in [4.69, 9.17) is 5.73 Å². The second kappa shape index (κ2) is 7.24. The van der Waals surface area contributed by atoms with Crippen LogP contribution in [0.25, 0.3) is 0 Å². The van der Waals surface area contributed by atoms with Crippen LogP contribution in [0.5, 0.6) is 0 Å². The van der Waals surface area contributed by atoms with Crippen molar-refractivity contribution >= 4 is 15.7 Å². The molecule has 1 saturated heterocycles. The van der Waals surface area contributed by atoms with E-state index in [2.05, 4.69) is 19.2 Å². The van der Waals surface area contributed by atoms with Crippen LogP contribution in [0, 0.1) is 17.8 Å². The zero-order valence-corrected chi connectivity index (χ0v) is 12.7. The molecule has 1 rings (SSSR count). The molecule has 0 spiro atoms. The lowest BCUT2D eigenvalue weighted by atomic mass is 9.94. The molecule has 6 heteroatoms. The van der Waals surface area contributed by atoms with Crippen LogP contribution in [0.2, 0.25) is 0 Å². The van der Waals surface area contributed by atoms with E-state index in [0.29, 0.717) is 31.8 Å². The Morgan fingerprint density at radius 1 is 1.42 bits per heavy atom. The number of amides is 1. The number of carbonyl (C=O) groups is 1. The summed E-state index contributed by atoms with van der Waals surface area (Å²) in [4.78, 5) is 11.8.